The quantitative estimate of drug-likeness (QED) is 0.844. The second-order valence-electron chi connectivity index (χ2n) is 6.76. The Kier molecular flexibility index (Phi) is 3.98. The van der Waals surface area contributed by atoms with E-state index in [2.05, 4.69) is 15.2 Å². The fourth-order valence-corrected chi connectivity index (χ4v) is 3.76. The predicted molar refractivity (Wildman–Crippen MR) is 84.8 cm³/mol. The van der Waals surface area contributed by atoms with Crippen molar-refractivity contribution in [2.24, 2.45) is 5.92 Å². The van der Waals surface area contributed by atoms with Crippen molar-refractivity contribution < 1.29 is 27.2 Å². The number of aromatic nitrogens is 1. The fraction of sp³-hybridized carbons (Fsp3) is 0.471. The molecule has 0 aliphatic carbocycles. The lowest BCUT2D eigenvalue weighted by Crippen LogP contribution is -2.57. The number of hydrogen-bond donors (Lipinski definition) is 1. The molecule has 2 aromatic heterocycles. The van der Waals surface area contributed by atoms with E-state index in [0.717, 1.165) is 44.9 Å². The van der Waals surface area contributed by atoms with Crippen molar-refractivity contribution in [1.29, 1.82) is 0 Å². The Morgan fingerprint density at radius 2 is 2.00 bits per heavy atom. The molecular weight excluding hydrogens is 351 g/mol. The molecule has 138 valence electrons. The molecule has 3 aliphatic rings. The molecule has 3 aliphatic heterocycles. The minimum Gasteiger partial charge on any atom is -0.462 e. The van der Waals surface area contributed by atoms with Gasteiger partial charge < -0.3 is 14.6 Å². The van der Waals surface area contributed by atoms with Crippen LogP contribution in [0.15, 0.2) is 22.9 Å². The summed E-state index contributed by atoms with van der Waals surface area (Å²) in [6.07, 6.45) is -1.07. The number of carbonyl (C=O) groups excluding carboxylic acids is 2. The van der Waals surface area contributed by atoms with E-state index in [9.17, 15) is 22.8 Å². The third-order valence-electron chi connectivity index (χ3n) is 5.17. The van der Waals surface area contributed by atoms with Crippen LogP contribution in [0, 0.1) is 5.92 Å². The molecule has 3 fully saturated rings. The summed E-state index contributed by atoms with van der Waals surface area (Å²) in [5, 5.41) is 2.85. The maximum absolute atomic E-state index is 12.7. The van der Waals surface area contributed by atoms with Gasteiger partial charge in [0.15, 0.2) is 5.58 Å². The molecule has 6 nitrogen and oxygen atoms in total. The number of nitrogens with zero attached hydrogens (tertiary/aromatic N) is 2. The highest BCUT2D eigenvalue weighted by molar-refractivity contribution is 6.10. The molecule has 3 saturated heterocycles. The van der Waals surface area contributed by atoms with E-state index in [0.29, 0.717) is 5.92 Å². The van der Waals surface area contributed by atoms with Crippen LogP contribution in [0.25, 0.3) is 11.0 Å². The molecule has 0 saturated carbocycles. The van der Waals surface area contributed by atoms with Gasteiger partial charge in [0.1, 0.15) is 12.0 Å². The third kappa shape index (κ3) is 2.96. The van der Waals surface area contributed by atoms with Crippen molar-refractivity contribution in [3.05, 3.63) is 29.8 Å². The van der Waals surface area contributed by atoms with E-state index < -0.39 is 23.4 Å². The van der Waals surface area contributed by atoms with Gasteiger partial charge in [-0.3, -0.25) is 9.59 Å². The summed E-state index contributed by atoms with van der Waals surface area (Å²) in [6.45, 7) is 2.82. The van der Waals surface area contributed by atoms with Crippen LogP contribution < -0.4 is 5.32 Å². The Labute approximate surface area is 146 Å². The lowest BCUT2D eigenvalue weighted by Gasteiger charge is -2.44. The molecule has 2 bridgehead atoms. The minimum atomic E-state index is -5.02. The minimum absolute atomic E-state index is 0.00289. The Morgan fingerprint density at radius 3 is 2.62 bits per heavy atom. The maximum Gasteiger partial charge on any atom is 0.455 e. The highest BCUT2D eigenvalue weighted by atomic mass is 19.4. The maximum atomic E-state index is 12.7. The number of hydrogen-bond acceptors (Lipinski definition) is 5. The second-order valence-corrected chi connectivity index (χ2v) is 6.76. The average Bonchev–Trinajstić information content (AvgIpc) is 3.04. The monoisotopic (exact) mass is 367 g/mol. The fourth-order valence-electron chi connectivity index (χ4n) is 3.76. The number of fused-ring (bicyclic) bond motifs is 4. The molecule has 0 aromatic carbocycles. The van der Waals surface area contributed by atoms with Gasteiger partial charge in [-0.2, -0.15) is 13.2 Å². The first-order valence-electron chi connectivity index (χ1n) is 8.35. The van der Waals surface area contributed by atoms with Gasteiger partial charge in [-0.15, -0.1) is 0 Å². The zero-order valence-electron chi connectivity index (χ0n) is 13.7. The summed E-state index contributed by atoms with van der Waals surface area (Å²) in [5.41, 5.74) is -0.629. The van der Waals surface area contributed by atoms with Gasteiger partial charge in [-0.05, 0) is 37.9 Å². The Morgan fingerprint density at radius 1 is 1.27 bits per heavy atom. The van der Waals surface area contributed by atoms with Crippen molar-refractivity contribution in [1.82, 2.24) is 15.2 Å². The Balaban J connectivity index is 1.58. The molecule has 1 amide bonds. The summed E-state index contributed by atoms with van der Waals surface area (Å²) in [7, 11) is 0. The van der Waals surface area contributed by atoms with Gasteiger partial charge >= 0.3 is 6.18 Å². The number of amides is 1. The molecule has 1 atom stereocenters. The van der Waals surface area contributed by atoms with Gasteiger partial charge in [-0.1, -0.05) is 0 Å². The van der Waals surface area contributed by atoms with Gasteiger partial charge in [0, 0.05) is 18.0 Å². The number of furan rings is 1. The molecule has 2 aromatic rings. The van der Waals surface area contributed by atoms with Crippen LogP contribution in [0.5, 0.6) is 0 Å². The van der Waals surface area contributed by atoms with Crippen molar-refractivity contribution in [3.63, 3.8) is 0 Å². The number of pyridine rings is 1. The second kappa shape index (κ2) is 6.08. The molecule has 26 heavy (non-hydrogen) atoms. The number of Topliss-reactive ketones (excluding diaryl/α,β-unsaturated/α-hetero) is 1. The summed E-state index contributed by atoms with van der Waals surface area (Å²) in [4.78, 5) is 30.3. The zero-order valence-corrected chi connectivity index (χ0v) is 13.7. The number of alkyl halides is 3. The third-order valence-corrected chi connectivity index (χ3v) is 5.17. The molecule has 0 unspecified atom stereocenters. The first-order chi connectivity index (χ1) is 12.3. The predicted octanol–water partition coefficient (Wildman–Crippen LogP) is 2.40. The molecule has 0 radical (unpaired) electrons. The Bertz CT molecular complexity index is 869. The van der Waals surface area contributed by atoms with Crippen LogP contribution in [-0.4, -0.2) is 53.4 Å². The number of halogens is 3. The first kappa shape index (κ1) is 17.0. The SMILES string of the molecule is O=C(N[C@H]1CN2CCC1CC2)c1cc2c(C(=O)C(F)(F)F)coc2cn1. The van der Waals surface area contributed by atoms with E-state index in [1.54, 1.807) is 0 Å². The zero-order chi connectivity index (χ0) is 18.5. The summed E-state index contributed by atoms with van der Waals surface area (Å²) >= 11 is 0. The van der Waals surface area contributed by atoms with E-state index in [1.807, 2.05) is 0 Å². The lowest BCUT2D eigenvalue weighted by atomic mass is 9.84. The molecule has 5 rings (SSSR count). The van der Waals surface area contributed by atoms with E-state index >= 15 is 0 Å². The number of rotatable bonds is 3. The van der Waals surface area contributed by atoms with Gasteiger partial charge in [0.2, 0.25) is 0 Å². The van der Waals surface area contributed by atoms with Crippen LogP contribution in [0.4, 0.5) is 13.2 Å². The van der Waals surface area contributed by atoms with Gasteiger partial charge in [0.05, 0.1) is 11.8 Å². The summed E-state index contributed by atoms with van der Waals surface area (Å²) < 4.78 is 43.1. The summed E-state index contributed by atoms with van der Waals surface area (Å²) in [5.74, 6) is -2.06. The Hall–Kier alpha value is -2.42. The number of carbonyl (C=O) groups is 2. The summed E-state index contributed by atoms with van der Waals surface area (Å²) in [6, 6.07) is 1.18. The smallest absolute Gasteiger partial charge is 0.455 e. The average molecular weight is 367 g/mol. The topological polar surface area (TPSA) is 75.4 Å². The first-order valence-corrected chi connectivity index (χ1v) is 8.35. The highest BCUT2D eigenvalue weighted by Crippen LogP contribution is 2.29. The molecular formula is C17H16F3N3O3. The molecule has 5 heterocycles. The van der Waals surface area contributed by atoms with Gasteiger partial charge in [-0.25, -0.2) is 4.98 Å². The van der Waals surface area contributed by atoms with Crippen LogP contribution in [-0.2, 0) is 0 Å². The lowest BCUT2D eigenvalue weighted by molar-refractivity contribution is -0.0884. The van der Waals surface area contributed by atoms with Crippen LogP contribution in [0.2, 0.25) is 0 Å². The normalized spacial score (nSPS) is 25.4. The van der Waals surface area contributed by atoms with Crippen molar-refractivity contribution >= 4 is 22.7 Å². The van der Waals surface area contributed by atoms with Crippen LogP contribution >= 0.6 is 0 Å². The number of piperidine rings is 3. The molecule has 1 N–H and O–H groups in total. The molecule has 0 spiro atoms. The van der Waals surface area contributed by atoms with Gasteiger partial charge in [0.25, 0.3) is 11.7 Å². The number of nitrogens with one attached hydrogen (secondary N) is 1. The largest absolute Gasteiger partial charge is 0.462 e. The standard InChI is InChI=1S/C17H16F3N3O3/c18-17(19,20)15(24)11-8-26-14-6-21-12(5-10(11)14)16(25)22-13-7-23-3-1-9(13)2-4-23/h5-6,8-9,13H,1-4,7H2,(H,22,25)/t13-/m0/s1. The van der Waals surface area contributed by atoms with Crippen molar-refractivity contribution in [3.8, 4) is 0 Å². The van der Waals surface area contributed by atoms with Crippen LogP contribution in [0.1, 0.15) is 33.7 Å². The highest BCUT2D eigenvalue weighted by Gasteiger charge is 2.41. The van der Waals surface area contributed by atoms with Crippen molar-refractivity contribution in [2.75, 3.05) is 19.6 Å². The van der Waals surface area contributed by atoms with E-state index in [1.165, 1.54) is 6.07 Å². The van der Waals surface area contributed by atoms with Crippen LogP contribution in [0.3, 0.4) is 0 Å². The van der Waals surface area contributed by atoms with Crippen molar-refractivity contribution in [2.45, 2.75) is 25.1 Å². The molecule has 9 heteroatoms. The van der Waals surface area contributed by atoms with E-state index in [-0.39, 0.29) is 22.7 Å². The number of ketones is 1. The van der Waals surface area contributed by atoms with E-state index in [4.69, 9.17) is 4.42 Å².